The van der Waals surface area contributed by atoms with Gasteiger partial charge in [0.2, 0.25) is 16.0 Å². The molecule has 0 saturated carbocycles. The number of aromatic nitrogens is 4. The molecule has 3 aromatic rings. The average molecular weight is 436 g/mol. The minimum Gasteiger partial charge on any atom is -0.378 e. The van der Waals surface area contributed by atoms with E-state index in [9.17, 15) is 8.42 Å². The third kappa shape index (κ3) is 4.61. The van der Waals surface area contributed by atoms with Crippen molar-refractivity contribution in [1.82, 2.24) is 23.4 Å². The Morgan fingerprint density at radius 3 is 2.83 bits per heavy atom. The Morgan fingerprint density at radius 2 is 2.00 bits per heavy atom. The van der Waals surface area contributed by atoms with E-state index in [1.54, 1.807) is 12.1 Å². The predicted molar refractivity (Wildman–Crippen MR) is 111 cm³/mol. The van der Waals surface area contributed by atoms with Crippen molar-refractivity contribution >= 4 is 44.6 Å². The number of sulfonamides is 1. The molecule has 1 saturated heterocycles. The molecule has 2 aromatic heterocycles. The summed E-state index contributed by atoms with van der Waals surface area (Å²) in [5.74, 6) is 1.31. The van der Waals surface area contributed by atoms with Gasteiger partial charge in [0.25, 0.3) is 0 Å². The van der Waals surface area contributed by atoms with Gasteiger partial charge in [-0.15, -0.1) is 0 Å². The molecule has 154 valence electrons. The standard InChI is InChI=1S/C17H21N7O3S2/c1-12-11-15(24-7-9-27-10-8-24)21-17(20-12)18-5-6-19-29(25,26)14-4-2-3-13-16(14)23-28-22-13/h2-4,11,19H,5-10H2,1H3,(H,18,20,21). The van der Waals surface area contributed by atoms with E-state index in [-0.39, 0.29) is 11.4 Å². The molecule has 0 amide bonds. The molecular formula is C17H21N7O3S2. The molecule has 4 rings (SSSR count). The van der Waals surface area contributed by atoms with Crippen LogP contribution in [0, 0.1) is 6.92 Å². The van der Waals surface area contributed by atoms with Crippen molar-refractivity contribution in [2.75, 3.05) is 49.6 Å². The summed E-state index contributed by atoms with van der Waals surface area (Å²) in [5.41, 5.74) is 1.79. The molecular weight excluding hydrogens is 414 g/mol. The van der Waals surface area contributed by atoms with E-state index in [0.717, 1.165) is 36.3 Å². The maximum absolute atomic E-state index is 12.6. The first-order valence-corrected chi connectivity index (χ1v) is 11.4. The summed E-state index contributed by atoms with van der Waals surface area (Å²) in [6, 6.07) is 6.85. The fourth-order valence-corrected chi connectivity index (χ4v) is 4.82. The van der Waals surface area contributed by atoms with Crippen LogP contribution in [0.25, 0.3) is 11.0 Å². The van der Waals surface area contributed by atoms with Gasteiger partial charge in [-0.25, -0.2) is 18.1 Å². The van der Waals surface area contributed by atoms with Crippen molar-refractivity contribution in [2.24, 2.45) is 0 Å². The van der Waals surface area contributed by atoms with E-state index in [0.29, 0.717) is 36.7 Å². The van der Waals surface area contributed by atoms with Gasteiger partial charge in [0.15, 0.2) is 0 Å². The smallest absolute Gasteiger partial charge is 0.242 e. The zero-order valence-electron chi connectivity index (χ0n) is 15.8. The maximum atomic E-state index is 12.6. The van der Waals surface area contributed by atoms with E-state index < -0.39 is 10.0 Å². The minimum atomic E-state index is -3.69. The van der Waals surface area contributed by atoms with Crippen LogP contribution >= 0.6 is 11.7 Å². The van der Waals surface area contributed by atoms with Gasteiger partial charge in [-0.1, -0.05) is 6.07 Å². The van der Waals surface area contributed by atoms with Crippen molar-refractivity contribution in [3.8, 4) is 0 Å². The van der Waals surface area contributed by atoms with Gasteiger partial charge in [-0.05, 0) is 19.1 Å². The van der Waals surface area contributed by atoms with E-state index in [4.69, 9.17) is 4.74 Å². The lowest BCUT2D eigenvalue weighted by atomic mass is 10.3. The fraction of sp³-hybridized carbons (Fsp3) is 0.412. The largest absolute Gasteiger partial charge is 0.378 e. The first-order valence-electron chi connectivity index (χ1n) is 9.16. The number of nitrogens with one attached hydrogen (secondary N) is 2. The Kier molecular flexibility index (Phi) is 5.85. The lowest BCUT2D eigenvalue weighted by Crippen LogP contribution is -2.37. The molecule has 0 spiro atoms. The van der Waals surface area contributed by atoms with Crippen LogP contribution in [0.5, 0.6) is 0 Å². The Morgan fingerprint density at radius 1 is 1.17 bits per heavy atom. The van der Waals surface area contributed by atoms with Crippen LogP contribution in [-0.2, 0) is 14.8 Å². The summed E-state index contributed by atoms with van der Waals surface area (Å²) in [7, 11) is -3.69. The van der Waals surface area contributed by atoms with Gasteiger partial charge in [0, 0.05) is 37.9 Å². The van der Waals surface area contributed by atoms with Gasteiger partial charge >= 0.3 is 0 Å². The molecule has 0 aliphatic carbocycles. The molecule has 1 fully saturated rings. The van der Waals surface area contributed by atoms with Gasteiger partial charge in [-0.3, -0.25) is 0 Å². The zero-order valence-corrected chi connectivity index (χ0v) is 17.5. The van der Waals surface area contributed by atoms with E-state index in [1.807, 2.05) is 13.0 Å². The van der Waals surface area contributed by atoms with Crippen LogP contribution in [-0.4, -0.2) is 66.5 Å². The Bertz CT molecular complexity index is 1100. The second-order valence-electron chi connectivity index (χ2n) is 6.50. The van der Waals surface area contributed by atoms with Gasteiger partial charge in [0.05, 0.1) is 24.9 Å². The average Bonchev–Trinajstić information content (AvgIpc) is 3.20. The normalized spacial score (nSPS) is 15.0. The Balaban J connectivity index is 1.38. The first kappa shape index (κ1) is 19.9. The number of aryl methyl sites for hydroxylation is 1. The third-order valence-electron chi connectivity index (χ3n) is 4.41. The number of rotatable bonds is 7. The quantitative estimate of drug-likeness (QED) is 0.524. The number of anilines is 2. The van der Waals surface area contributed by atoms with E-state index in [1.165, 1.54) is 6.07 Å². The molecule has 1 aliphatic rings. The number of ether oxygens (including phenoxy) is 1. The van der Waals surface area contributed by atoms with Gasteiger partial charge < -0.3 is 15.0 Å². The summed E-state index contributed by atoms with van der Waals surface area (Å²) in [6.07, 6.45) is 0. The minimum absolute atomic E-state index is 0.130. The van der Waals surface area contributed by atoms with Crippen molar-refractivity contribution in [1.29, 1.82) is 0 Å². The zero-order chi connectivity index (χ0) is 20.3. The fourth-order valence-electron chi connectivity index (χ4n) is 3.02. The van der Waals surface area contributed by atoms with Crippen LogP contribution < -0.4 is 14.9 Å². The first-order chi connectivity index (χ1) is 14.0. The van der Waals surface area contributed by atoms with E-state index >= 15 is 0 Å². The molecule has 0 atom stereocenters. The molecule has 3 heterocycles. The number of hydrogen-bond donors (Lipinski definition) is 2. The number of nitrogens with zero attached hydrogens (tertiary/aromatic N) is 5. The summed E-state index contributed by atoms with van der Waals surface area (Å²) < 4.78 is 41.4. The van der Waals surface area contributed by atoms with Crippen molar-refractivity contribution in [3.63, 3.8) is 0 Å². The highest BCUT2D eigenvalue weighted by atomic mass is 32.2. The summed E-state index contributed by atoms with van der Waals surface area (Å²) in [5, 5.41) is 3.09. The van der Waals surface area contributed by atoms with Crippen molar-refractivity contribution < 1.29 is 13.2 Å². The molecule has 0 bridgehead atoms. The SMILES string of the molecule is Cc1cc(N2CCOCC2)nc(NCCNS(=O)(=O)c2cccc3nsnc23)n1. The molecule has 1 aromatic carbocycles. The Hall–Kier alpha value is -2.41. The Labute approximate surface area is 172 Å². The van der Waals surface area contributed by atoms with Gasteiger partial charge in [-0.2, -0.15) is 13.7 Å². The van der Waals surface area contributed by atoms with Crippen LogP contribution in [0.2, 0.25) is 0 Å². The number of benzene rings is 1. The molecule has 0 unspecified atom stereocenters. The van der Waals surface area contributed by atoms with Crippen LogP contribution in [0.15, 0.2) is 29.2 Å². The van der Waals surface area contributed by atoms with Crippen LogP contribution in [0.4, 0.5) is 11.8 Å². The number of morpholine rings is 1. The molecule has 0 radical (unpaired) electrons. The topological polar surface area (TPSA) is 122 Å². The highest BCUT2D eigenvalue weighted by molar-refractivity contribution is 7.89. The van der Waals surface area contributed by atoms with Crippen LogP contribution in [0.3, 0.4) is 0 Å². The maximum Gasteiger partial charge on any atom is 0.242 e. The van der Waals surface area contributed by atoms with Gasteiger partial charge in [0.1, 0.15) is 21.7 Å². The summed E-state index contributed by atoms with van der Waals surface area (Å²) in [6.45, 7) is 5.35. The second kappa shape index (κ2) is 8.53. The highest BCUT2D eigenvalue weighted by Gasteiger charge is 2.19. The number of hydrogen-bond acceptors (Lipinski definition) is 10. The monoisotopic (exact) mass is 435 g/mol. The second-order valence-corrected chi connectivity index (χ2v) is 8.77. The van der Waals surface area contributed by atoms with E-state index in [2.05, 4.69) is 33.7 Å². The summed E-state index contributed by atoms with van der Waals surface area (Å²) >= 11 is 0.990. The molecule has 10 nitrogen and oxygen atoms in total. The molecule has 12 heteroatoms. The van der Waals surface area contributed by atoms with Crippen molar-refractivity contribution in [2.45, 2.75) is 11.8 Å². The summed E-state index contributed by atoms with van der Waals surface area (Å²) in [4.78, 5) is 11.2. The van der Waals surface area contributed by atoms with Crippen LogP contribution in [0.1, 0.15) is 5.69 Å². The lowest BCUT2D eigenvalue weighted by molar-refractivity contribution is 0.122. The van der Waals surface area contributed by atoms with Crippen molar-refractivity contribution in [3.05, 3.63) is 30.0 Å². The molecule has 1 aliphatic heterocycles. The predicted octanol–water partition coefficient (Wildman–Crippen LogP) is 1.02. The molecule has 2 N–H and O–H groups in total. The lowest BCUT2D eigenvalue weighted by Gasteiger charge is -2.28. The number of fused-ring (bicyclic) bond motifs is 1. The molecule has 29 heavy (non-hydrogen) atoms. The highest BCUT2D eigenvalue weighted by Crippen LogP contribution is 2.20. The third-order valence-corrected chi connectivity index (χ3v) is 6.45.